The van der Waals surface area contributed by atoms with Crippen molar-refractivity contribution in [1.29, 1.82) is 0 Å². The minimum absolute atomic E-state index is 0.105. The van der Waals surface area contributed by atoms with Crippen LogP contribution in [-0.2, 0) is 13.0 Å². The zero-order chi connectivity index (χ0) is 14.2. The van der Waals surface area contributed by atoms with Crippen molar-refractivity contribution in [3.63, 3.8) is 0 Å². The summed E-state index contributed by atoms with van der Waals surface area (Å²) < 4.78 is 6.13. The maximum absolute atomic E-state index is 6.13. The minimum atomic E-state index is 0.105. The molecule has 2 nitrogen and oxygen atoms in total. The highest BCUT2D eigenvalue weighted by molar-refractivity contribution is 5.88. The summed E-state index contributed by atoms with van der Waals surface area (Å²) in [5.74, 6) is 1.09. The summed E-state index contributed by atoms with van der Waals surface area (Å²) >= 11 is 0. The van der Waals surface area contributed by atoms with Gasteiger partial charge in [0.1, 0.15) is 11.3 Å². The average Bonchev–Trinajstić information content (AvgIpc) is 2.70. The van der Waals surface area contributed by atoms with Crippen molar-refractivity contribution >= 4 is 11.0 Å². The molecule has 1 N–H and O–H groups in total. The molecule has 0 atom stereocenters. The summed E-state index contributed by atoms with van der Waals surface area (Å²) in [5, 5.41) is 4.83. The molecule has 0 aliphatic heterocycles. The van der Waals surface area contributed by atoms with E-state index in [2.05, 4.69) is 59.0 Å². The SMILES string of the molecule is CCc1c(CNC(C)(C)C)oc2c(C)ccc(C)c12. The maximum atomic E-state index is 6.13. The van der Waals surface area contributed by atoms with Crippen LogP contribution in [0.2, 0.25) is 0 Å². The summed E-state index contributed by atoms with van der Waals surface area (Å²) in [6.45, 7) is 13.8. The topological polar surface area (TPSA) is 25.2 Å². The molecule has 0 saturated heterocycles. The predicted octanol–water partition coefficient (Wildman–Crippen LogP) is 4.50. The first-order chi connectivity index (χ1) is 8.83. The highest BCUT2D eigenvalue weighted by atomic mass is 16.3. The first-order valence-corrected chi connectivity index (χ1v) is 7.09. The summed E-state index contributed by atoms with van der Waals surface area (Å²) in [4.78, 5) is 0. The summed E-state index contributed by atoms with van der Waals surface area (Å²) in [6, 6.07) is 4.33. The van der Waals surface area contributed by atoms with Gasteiger partial charge >= 0.3 is 0 Å². The Kier molecular flexibility index (Phi) is 3.73. The molecule has 0 fully saturated rings. The standard InChI is InChI=1S/C17H25NO/c1-7-13-14(10-18-17(4,5)6)19-16-12(3)9-8-11(2)15(13)16/h8-9,18H,7,10H2,1-6H3. The molecule has 104 valence electrons. The third kappa shape index (κ3) is 2.84. The van der Waals surface area contributed by atoms with E-state index in [0.29, 0.717) is 0 Å². The van der Waals surface area contributed by atoms with Gasteiger partial charge in [-0.25, -0.2) is 0 Å². The molecule has 0 spiro atoms. The first-order valence-electron chi connectivity index (χ1n) is 7.09. The molecule has 0 bridgehead atoms. The summed E-state index contributed by atoms with van der Waals surface area (Å²) in [5.41, 5.74) is 5.05. The lowest BCUT2D eigenvalue weighted by Crippen LogP contribution is -2.35. The van der Waals surface area contributed by atoms with Crippen LogP contribution in [0.3, 0.4) is 0 Å². The van der Waals surface area contributed by atoms with Gasteiger partial charge in [-0.3, -0.25) is 0 Å². The van der Waals surface area contributed by atoms with Gasteiger partial charge in [0.15, 0.2) is 0 Å². The quantitative estimate of drug-likeness (QED) is 0.878. The smallest absolute Gasteiger partial charge is 0.137 e. The van der Waals surface area contributed by atoms with Crippen molar-refractivity contribution < 1.29 is 4.42 Å². The van der Waals surface area contributed by atoms with Gasteiger partial charge in [0.2, 0.25) is 0 Å². The average molecular weight is 259 g/mol. The molecule has 0 radical (unpaired) electrons. The minimum Gasteiger partial charge on any atom is -0.459 e. The van der Waals surface area contributed by atoms with E-state index in [0.717, 1.165) is 24.3 Å². The summed E-state index contributed by atoms with van der Waals surface area (Å²) in [6.07, 6.45) is 1.01. The number of aryl methyl sites for hydroxylation is 3. The fourth-order valence-electron chi connectivity index (χ4n) is 2.48. The van der Waals surface area contributed by atoms with Crippen LogP contribution in [0.4, 0.5) is 0 Å². The normalized spacial score (nSPS) is 12.3. The van der Waals surface area contributed by atoms with Crippen LogP contribution < -0.4 is 5.32 Å². The molecule has 0 saturated carbocycles. The number of hydrogen-bond donors (Lipinski definition) is 1. The lowest BCUT2D eigenvalue weighted by Gasteiger charge is -2.19. The molecule has 2 rings (SSSR count). The van der Waals surface area contributed by atoms with Crippen molar-refractivity contribution in [1.82, 2.24) is 5.32 Å². The molecule has 2 heteroatoms. The van der Waals surface area contributed by atoms with Crippen molar-refractivity contribution in [3.8, 4) is 0 Å². The number of rotatable bonds is 3. The fourth-order valence-corrected chi connectivity index (χ4v) is 2.48. The van der Waals surface area contributed by atoms with Gasteiger partial charge in [-0.05, 0) is 52.2 Å². The van der Waals surface area contributed by atoms with Crippen LogP contribution in [0.25, 0.3) is 11.0 Å². The Balaban J connectivity index is 2.50. The second-order valence-corrected chi connectivity index (χ2v) is 6.36. The maximum Gasteiger partial charge on any atom is 0.137 e. The van der Waals surface area contributed by atoms with Crippen LogP contribution in [0.5, 0.6) is 0 Å². The highest BCUT2D eigenvalue weighted by Crippen LogP contribution is 2.31. The number of nitrogens with one attached hydrogen (secondary N) is 1. The van der Waals surface area contributed by atoms with Crippen LogP contribution in [0.1, 0.15) is 50.1 Å². The molecule has 0 aliphatic carbocycles. The Hall–Kier alpha value is -1.28. The van der Waals surface area contributed by atoms with Gasteiger partial charge in [0.05, 0.1) is 6.54 Å². The first kappa shape index (κ1) is 14.1. The Morgan fingerprint density at radius 2 is 1.74 bits per heavy atom. The van der Waals surface area contributed by atoms with E-state index >= 15 is 0 Å². The largest absolute Gasteiger partial charge is 0.459 e. The van der Waals surface area contributed by atoms with Crippen LogP contribution in [0.15, 0.2) is 16.5 Å². The van der Waals surface area contributed by atoms with Crippen molar-refractivity contribution in [2.75, 3.05) is 0 Å². The zero-order valence-electron chi connectivity index (χ0n) is 13.0. The van der Waals surface area contributed by atoms with E-state index in [1.54, 1.807) is 0 Å². The van der Waals surface area contributed by atoms with Gasteiger partial charge in [-0.15, -0.1) is 0 Å². The van der Waals surface area contributed by atoms with E-state index in [4.69, 9.17) is 4.42 Å². The Labute approximate surface area is 116 Å². The van der Waals surface area contributed by atoms with Gasteiger partial charge < -0.3 is 9.73 Å². The van der Waals surface area contributed by atoms with Gasteiger partial charge in [-0.1, -0.05) is 19.1 Å². The van der Waals surface area contributed by atoms with Crippen molar-refractivity contribution in [2.24, 2.45) is 0 Å². The molecule has 1 aromatic heterocycles. The number of benzene rings is 1. The molecule has 0 unspecified atom stereocenters. The molecular weight excluding hydrogens is 234 g/mol. The Bertz CT molecular complexity index is 587. The Morgan fingerprint density at radius 3 is 2.32 bits per heavy atom. The van der Waals surface area contributed by atoms with E-state index < -0.39 is 0 Å². The monoisotopic (exact) mass is 259 g/mol. The molecule has 19 heavy (non-hydrogen) atoms. The fraction of sp³-hybridized carbons (Fsp3) is 0.529. The lowest BCUT2D eigenvalue weighted by molar-refractivity contribution is 0.393. The molecular formula is C17H25NO. The summed E-state index contributed by atoms with van der Waals surface area (Å²) in [7, 11) is 0. The van der Waals surface area contributed by atoms with Crippen molar-refractivity contribution in [3.05, 3.63) is 34.6 Å². The molecule has 0 amide bonds. The molecule has 1 heterocycles. The Morgan fingerprint density at radius 1 is 1.11 bits per heavy atom. The molecule has 2 aromatic rings. The highest BCUT2D eigenvalue weighted by Gasteiger charge is 2.18. The van der Waals surface area contributed by atoms with E-state index in [9.17, 15) is 0 Å². The van der Waals surface area contributed by atoms with Gasteiger partial charge in [0.25, 0.3) is 0 Å². The van der Waals surface area contributed by atoms with Gasteiger partial charge in [0, 0.05) is 16.5 Å². The van der Waals surface area contributed by atoms with E-state index in [1.807, 2.05) is 0 Å². The number of hydrogen-bond acceptors (Lipinski definition) is 2. The van der Waals surface area contributed by atoms with Crippen LogP contribution in [0, 0.1) is 13.8 Å². The zero-order valence-corrected chi connectivity index (χ0v) is 13.0. The molecule has 1 aromatic carbocycles. The van der Waals surface area contributed by atoms with Crippen LogP contribution in [-0.4, -0.2) is 5.54 Å². The predicted molar refractivity (Wildman–Crippen MR) is 81.7 cm³/mol. The van der Waals surface area contributed by atoms with E-state index in [-0.39, 0.29) is 5.54 Å². The third-order valence-corrected chi connectivity index (χ3v) is 3.56. The molecule has 0 aliphatic rings. The lowest BCUT2D eigenvalue weighted by atomic mass is 10.0. The second kappa shape index (κ2) is 5.01. The second-order valence-electron chi connectivity index (χ2n) is 6.36. The third-order valence-electron chi connectivity index (χ3n) is 3.56. The number of fused-ring (bicyclic) bond motifs is 1. The van der Waals surface area contributed by atoms with E-state index in [1.165, 1.54) is 22.1 Å². The number of furan rings is 1. The van der Waals surface area contributed by atoms with Crippen molar-refractivity contribution in [2.45, 2.75) is 60.0 Å². The van der Waals surface area contributed by atoms with Gasteiger partial charge in [-0.2, -0.15) is 0 Å². The van der Waals surface area contributed by atoms with Crippen LogP contribution >= 0.6 is 0 Å².